The number of hydrogen-bond acceptors (Lipinski definition) is 4. The molecule has 1 aliphatic rings. The fraction of sp³-hybridized carbons (Fsp3) is 0.270. The summed E-state index contributed by atoms with van der Waals surface area (Å²) >= 11 is 0. The Bertz CT molecular complexity index is 1690. The molecule has 1 fully saturated rings. The molecule has 6 rings (SSSR count). The summed E-state index contributed by atoms with van der Waals surface area (Å²) in [6.07, 6.45) is 2.50. The number of para-hydroxylation sites is 1. The Morgan fingerprint density at radius 2 is 1.70 bits per heavy atom. The molecule has 1 saturated heterocycles. The van der Waals surface area contributed by atoms with Crippen LogP contribution in [-0.4, -0.2) is 56.0 Å². The van der Waals surface area contributed by atoms with Crippen molar-refractivity contribution in [3.8, 4) is 16.9 Å². The summed E-state index contributed by atoms with van der Waals surface area (Å²) in [6.45, 7) is 2.11. The Labute approximate surface area is 252 Å². The third-order valence-electron chi connectivity index (χ3n) is 8.83. The van der Waals surface area contributed by atoms with Gasteiger partial charge in [-0.05, 0) is 92.0 Å². The number of piperidine rings is 1. The highest BCUT2D eigenvalue weighted by Gasteiger charge is 2.25. The molecule has 0 unspecified atom stereocenters. The first-order valence-electron chi connectivity index (χ1n) is 15.0. The quantitative estimate of drug-likeness (QED) is 0.181. The van der Waals surface area contributed by atoms with E-state index in [9.17, 15) is 9.18 Å². The van der Waals surface area contributed by atoms with Crippen LogP contribution in [0.25, 0.3) is 22.0 Å². The second kappa shape index (κ2) is 12.4. The van der Waals surface area contributed by atoms with Crippen LogP contribution in [0.1, 0.15) is 46.8 Å². The maximum absolute atomic E-state index is 14.5. The molecule has 0 spiro atoms. The maximum Gasteiger partial charge on any atom is 0.163 e. The van der Waals surface area contributed by atoms with Gasteiger partial charge in [-0.3, -0.25) is 4.79 Å². The van der Waals surface area contributed by atoms with E-state index in [-0.39, 0.29) is 18.0 Å². The van der Waals surface area contributed by atoms with Crippen LogP contribution in [0.3, 0.4) is 0 Å². The van der Waals surface area contributed by atoms with Gasteiger partial charge in [0.05, 0.1) is 7.11 Å². The molecule has 2 heterocycles. The van der Waals surface area contributed by atoms with E-state index in [2.05, 4.69) is 53.1 Å². The van der Waals surface area contributed by atoms with Crippen LogP contribution in [0.2, 0.25) is 0 Å². The normalized spacial score (nSPS) is 14.8. The molecule has 0 aliphatic carbocycles. The molecule has 1 aliphatic heterocycles. The van der Waals surface area contributed by atoms with Gasteiger partial charge in [0.1, 0.15) is 11.6 Å². The van der Waals surface area contributed by atoms with E-state index in [1.165, 1.54) is 30.7 Å². The standard InChI is InChI=1S/C37H38FN3O2/c1-40(2)30-17-19-41(20-18-30)31-14-11-25(12-15-31)26-8-6-9-28(21-26)36(42)24-32(33-23-29(38)13-16-37(33)43-3)35-22-27-7-4-5-10-34(27)39-35/h4-16,21-23,30,32,39H,17-20,24H2,1-3H3/t32-/m1/s1. The fourth-order valence-electron chi connectivity index (χ4n) is 6.33. The number of nitrogens with zero attached hydrogens (tertiary/aromatic N) is 2. The molecule has 43 heavy (non-hydrogen) atoms. The van der Waals surface area contributed by atoms with Crippen LogP contribution >= 0.6 is 0 Å². The van der Waals surface area contributed by atoms with Gasteiger partial charge in [-0.2, -0.15) is 0 Å². The van der Waals surface area contributed by atoms with Gasteiger partial charge in [0.25, 0.3) is 0 Å². The first-order chi connectivity index (χ1) is 20.9. The van der Waals surface area contributed by atoms with Crippen LogP contribution in [0, 0.1) is 5.82 Å². The zero-order chi connectivity index (χ0) is 29.9. The van der Waals surface area contributed by atoms with E-state index in [1.54, 1.807) is 13.2 Å². The van der Waals surface area contributed by atoms with Gasteiger partial charge in [0, 0.05) is 59.5 Å². The number of H-pyrrole nitrogens is 1. The monoisotopic (exact) mass is 575 g/mol. The Morgan fingerprint density at radius 1 is 0.930 bits per heavy atom. The summed E-state index contributed by atoms with van der Waals surface area (Å²) in [5.41, 5.74) is 6.39. The molecule has 220 valence electrons. The first-order valence-corrected chi connectivity index (χ1v) is 15.0. The molecule has 0 bridgehead atoms. The van der Waals surface area contributed by atoms with Gasteiger partial charge < -0.3 is 19.5 Å². The Kier molecular flexibility index (Phi) is 8.30. The number of fused-ring (bicyclic) bond motifs is 1. The van der Waals surface area contributed by atoms with Gasteiger partial charge in [-0.1, -0.05) is 48.5 Å². The Hall–Kier alpha value is -4.42. The number of nitrogens with one attached hydrogen (secondary N) is 1. The topological polar surface area (TPSA) is 48.6 Å². The fourth-order valence-corrected chi connectivity index (χ4v) is 6.33. The molecular formula is C37H38FN3O2. The first kappa shape index (κ1) is 28.7. The van der Waals surface area contributed by atoms with Gasteiger partial charge in [0.2, 0.25) is 0 Å². The number of rotatable bonds is 9. The summed E-state index contributed by atoms with van der Waals surface area (Å²) in [4.78, 5) is 22.1. The van der Waals surface area contributed by atoms with Crippen molar-refractivity contribution in [3.63, 3.8) is 0 Å². The summed E-state index contributed by atoms with van der Waals surface area (Å²) < 4.78 is 20.1. The summed E-state index contributed by atoms with van der Waals surface area (Å²) in [5, 5.41) is 1.04. The molecule has 0 radical (unpaired) electrons. The van der Waals surface area contributed by atoms with Crippen molar-refractivity contribution in [1.82, 2.24) is 9.88 Å². The van der Waals surface area contributed by atoms with E-state index in [0.717, 1.165) is 40.8 Å². The Morgan fingerprint density at radius 3 is 2.42 bits per heavy atom. The summed E-state index contributed by atoms with van der Waals surface area (Å²) in [7, 11) is 5.89. The van der Waals surface area contributed by atoms with Gasteiger partial charge in [-0.15, -0.1) is 0 Å². The molecular weight excluding hydrogens is 537 g/mol. The molecule has 1 atom stereocenters. The smallest absolute Gasteiger partial charge is 0.163 e. The van der Waals surface area contributed by atoms with Crippen molar-refractivity contribution in [3.05, 3.63) is 120 Å². The molecule has 6 heteroatoms. The highest BCUT2D eigenvalue weighted by Crippen LogP contribution is 2.37. The number of anilines is 1. The highest BCUT2D eigenvalue weighted by atomic mass is 19.1. The second-order valence-corrected chi connectivity index (χ2v) is 11.7. The number of aromatic nitrogens is 1. The minimum Gasteiger partial charge on any atom is -0.496 e. The maximum atomic E-state index is 14.5. The zero-order valence-corrected chi connectivity index (χ0v) is 25.0. The SMILES string of the molecule is COc1ccc(F)cc1[C@@H](CC(=O)c1cccc(-c2ccc(N3CCC(N(C)C)CC3)cc2)c1)c1cc2ccccc2[nH]1. The number of aromatic amines is 1. The molecule has 0 saturated carbocycles. The van der Waals surface area contributed by atoms with E-state index in [0.29, 0.717) is 22.9 Å². The van der Waals surface area contributed by atoms with E-state index >= 15 is 0 Å². The minimum absolute atomic E-state index is 0.0165. The zero-order valence-electron chi connectivity index (χ0n) is 25.0. The van der Waals surface area contributed by atoms with E-state index < -0.39 is 5.92 Å². The number of ketones is 1. The average Bonchev–Trinajstić information content (AvgIpc) is 3.48. The number of ether oxygens (including phenoxy) is 1. The summed E-state index contributed by atoms with van der Waals surface area (Å²) in [6, 6.07) is 31.6. The van der Waals surface area contributed by atoms with E-state index in [1.807, 2.05) is 54.6 Å². The number of hydrogen-bond donors (Lipinski definition) is 1. The largest absolute Gasteiger partial charge is 0.496 e. The van der Waals surface area contributed by atoms with Crippen molar-refractivity contribution in [2.45, 2.75) is 31.2 Å². The number of Topliss-reactive ketones (excluding diaryl/α,β-unsaturated/α-hetero) is 1. The molecule has 0 amide bonds. The third-order valence-corrected chi connectivity index (χ3v) is 8.83. The summed E-state index contributed by atoms with van der Waals surface area (Å²) in [5.74, 6) is -0.239. The molecule has 5 nitrogen and oxygen atoms in total. The lowest BCUT2D eigenvalue weighted by Gasteiger charge is -2.36. The van der Waals surface area contributed by atoms with Gasteiger partial charge in [0.15, 0.2) is 5.78 Å². The highest BCUT2D eigenvalue weighted by molar-refractivity contribution is 5.98. The average molecular weight is 576 g/mol. The molecule has 5 aromatic rings. The molecule has 1 aromatic heterocycles. The molecule has 1 N–H and O–H groups in total. The van der Waals surface area contributed by atoms with Crippen LogP contribution in [0.5, 0.6) is 5.75 Å². The number of methoxy groups -OCH3 is 1. The predicted octanol–water partition coefficient (Wildman–Crippen LogP) is 7.92. The van der Waals surface area contributed by atoms with Crippen molar-refractivity contribution < 1.29 is 13.9 Å². The van der Waals surface area contributed by atoms with Crippen LogP contribution in [-0.2, 0) is 0 Å². The van der Waals surface area contributed by atoms with Crippen molar-refractivity contribution in [1.29, 1.82) is 0 Å². The van der Waals surface area contributed by atoms with Gasteiger partial charge >= 0.3 is 0 Å². The third kappa shape index (κ3) is 6.20. The lowest BCUT2D eigenvalue weighted by molar-refractivity contribution is 0.0977. The number of benzene rings is 4. The van der Waals surface area contributed by atoms with Crippen molar-refractivity contribution >= 4 is 22.4 Å². The van der Waals surface area contributed by atoms with Crippen molar-refractivity contribution in [2.24, 2.45) is 0 Å². The predicted molar refractivity (Wildman–Crippen MR) is 173 cm³/mol. The van der Waals surface area contributed by atoms with E-state index in [4.69, 9.17) is 4.74 Å². The molecule has 4 aromatic carbocycles. The lowest BCUT2D eigenvalue weighted by atomic mass is 9.87. The van der Waals surface area contributed by atoms with Crippen molar-refractivity contribution in [2.75, 3.05) is 39.2 Å². The number of carbonyl (C=O) groups excluding carboxylic acids is 1. The van der Waals surface area contributed by atoms with Crippen LogP contribution < -0.4 is 9.64 Å². The number of halogens is 1. The van der Waals surface area contributed by atoms with Crippen LogP contribution in [0.15, 0.2) is 97.1 Å². The second-order valence-electron chi connectivity index (χ2n) is 11.7. The minimum atomic E-state index is -0.412. The van der Waals surface area contributed by atoms with Crippen LogP contribution in [0.4, 0.5) is 10.1 Å². The lowest BCUT2D eigenvalue weighted by Crippen LogP contribution is -2.41. The Balaban J connectivity index is 1.25. The van der Waals surface area contributed by atoms with Gasteiger partial charge in [-0.25, -0.2) is 4.39 Å². The number of carbonyl (C=O) groups is 1.